The summed E-state index contributed by atoms with van der Waals surface area (Å²) in [6, 6.07) is 6.08. The number of halogens is 2. The quantitative estimate of drug-likeness (QED) is 0.873. The van der Waals surface area contributed by atoms with Crippen molar-refractivity contribution in [2.24, 2.45) is 0 Å². The molecule has 0 aromatic heterocycles. The van der Waals surface area contributed by atoms with Crippen molar-refractivity contribution in [3.05, 3.63) is 28.2 Å². The van der Waals surface area contributed by atoms with Crippen molar-refractivity contribution in [1.29, 1.82) is 0 Å². The lowest BCUT2D eigenvalue weighted by atomic mass is 10.3. The molecular weight excluding hydrogens is 243 g/mol. The second-order valence-electron chi connectivity index (χ2n) is 4.13. The number of rotatable bonds is 5. The highest BCUT2D eigenvalue weighted by Crippen LogP contribution is 2.27. The van der Waals surface area contributed by atoms with E-state index < -0.39 is 0 Å². The molecule has 0 atom stereocenters. The van der Waals surface area contributed by atoms with Crippen molar-refractivity contribution < 1.29 is 0 Å². The Balaban J connectivity index is 2.55. The van der Waals surface area contributed by atoms with Crippen LogP contribution in [0.25, 0.3) is 0 Å². The summed E-state index contributed by atoms with van der Waals surface area (Å²) in [7, 11) is 2.02. The number of hydrogen-bond donors (Lipinski definition) is 1. The van der Waals surface area contributed by atoms with E-state index in [9.17, 15) is 0 Å². The van der Waals surface area contributed by atoms with Crippen LogP contribution in [-0.4, -0.2) is 26.2 Å². The summed E-state index contributed by atoms with van der Waals surface area (Å²) in [5, 5.41) is 4.73. The van der Waals surface area contributed by atoms with E-state index in [4.69, 9.17) is 23.2 Å². The number of benzene rings is 1. The minimum Gasteiger partial charge on any atom is -0.372 e. The smallest absolute Gasteiger partial charge is 0.0654 e. The summed E-state index contributed by atoms with van der Waals surface area (Å²) in [4.78, 5) is 2.12. The van der Waals surface area contributed by atoms with Gasteiger partial charge in [-0.15, -0.1) is 0 Å². The second kappa shape index (κ2) is 6.33. The summed E-state index contributed by atoms with van der Waals surface area (Å²) < 4.78 is 0. The Bertz CT molecular complexity index is 340. The molecule has 1 aromatic rings. The third-order valence-corrected chi connectivity index (χ3v) is 2.86. The van der Waals surface area contributed by atoms with E-state index in [1.807, 2.05) is 19.2 Å². The SMILES string of the molecule is CC(C)NCCN(C)c1ccc(Cl)cc1Cl. The molecule has 1 rings (SSSR count). The van der Waals surface area contributed by atoms with Gasteiger partial charge in [0.15, 0.2) is 0 Å². The van der Waals surface area contributed by atoms with Crippen LogP contribution < -0.4 is 10.2 Å². The minimum atomic E-state index is 0.508. The van der Waals surface area contributed by atoms with Crippen molar-refractivity contribution >= 4 is 28.9 Å². The van der Waals surface area contributed by atoms with Gasteiger partial charge < -0.3 is 10.2 Å². The first-order valence-electron chi connectivity index (χ1n) is 5.40. The van der Waals surface area contributed by atoms with Gasteiger partial charge in [0.1, 0.15) is 0 Å². The molecule has 0 radical (unpaired) electrons. The van der Waals surface area contributed by atoms with E-state index in [-0.39, 0.29) is 0 Å². The molecule has 0 amide bonds. The summed E-state index contributed by atoms with van der Waals surface area (Å²) in [5.74, 6) is 0. The zero-order chi connectivity index (χ0) is 12.1. The number of nitrogens with one attached hydrogen (secondary N) is 1. The second-order valence-corrected chi connectivity index (χ2v) is 4.97. The van der Waals surface area contributed by atoms with Gasteiger partial charge in [0.2, 0.25) is 0 Å². The van der Waals surface area contributed by atoms with Crippen molar-refractivity contribution in [2.45, 2.75) is 19.9 Å². The van der Waals surface area contributed by atoms with Crippen LogP contribution in [0.2, 0.25) is 10.0 Å². The Labute approximate surface area is 108 Å². The van der Waals surface area contributed by atoms with Crippen LogP contribution in [-0.2, 0) is 0 Å². The molecule has 90 valence electrons. The largest absolute Gasteiger partial charge is 0.372 e. The van der Waals surface area contributed by atoms with Crippen LogP contribution in [0.5, 0.6) is 0 Å². The third-order valence-electron chi connectivity index (χ3n) is 2.32. The predicted octanol–water partition coefficient (Wildman–Crippen LogP) is 3.43. The van der Waals surface area contributed by atoms with Gasteiger partial charge in [-0.05, 0) is 18.2 Å². The molecular formula is C12H18Cl2N2. The normalized spacial score (nSPS) is 10.9. The molecule has 1 aromatic carbocycles. The average molecular weight is 261 g/mol. The highest BCUT2D eigenvalue weighted by molar-refractivity contribution is 6.36. The van der Waals surface area contributed by atoms with Crippen LogP contribution in [0.15, 0.2) is 18.2 Å². The molecule has 0 aliphatic heterocycles. The third kappa shape index (κ3) is 4.20. The molecule has 0 spiro atoms. The van der Waals surface area contributed by atoms with E-state index in [2.05, 4.69) is 24.1 Å². The number of likely N-dealkylation sites (N-methyl/N-ethyl adjacent to an activating group) is 1. The molecule has 4 heteroatoms. The van der Waals surface area contributed by atoms with E-state index in [0.29, 0.717) is 16.1 Å². The molecule has 0 saturated carbocycles. The van der Waals surface area contributed by atoms with E-state index in [1.165, 1.54) is 0 Å². The van der Waals surface area contributed by atoms with Gasteiger partial charge in [-0.25, -0.2) is 0 Å². The van der Waals surface area contributed by atoms with Gasteiger partial charge in [0.05, 0.1) is 10.7 Å². The Morgan fingerprint density at radius 1 is 1.31 bits per heavy atom. The first kappa shape index (κ1) is 13.6. The minimum absolute atomic E-state index is 0.508. The van der Waals surface area contributed by atoms with Crippen LogP contribution in [0, 0.1) is 0 Å². The van der Waals surface area contributed by atoms with Gasteiger partial charge in [-0.3, -0.25) is 0 Å². The molecule has 0 aliphatic carbocycles. The van der Waals surface area contributed by atoms with Gasteiger partial charge in [0.25, 0.3) is 0 Å². The molecule has 0 bridgehead atoms. The Morgan fingerprint density at radius 2 is 2.00 bits per heavy atom. The van der Waals surface area contributed by atoms with Crippen molar-refractivity contribution in [3.63, 3.8) is 0 Å². The zero-order valence-electron chi connectivity index (χ0n) is 9.93. The molecule has 1 N–H and O–H groups in total. The monoisotopic (exact) mass is 260 g/mol. The molecule has 0 saturated heterocycles. The molecule has 0 heterocycles. The van der Waals surface area contributed by atoms with Gasteiger partial charge >= 0.3 is 0 Å². The van der Waals surface area contributed by atoms with Crippen LogP contribution >= 0.6 is 23.2 Å². The maximum atomic E-state index is 6.12. The summed E-state index contributed by atoms with van der Waals surface area (Å²) >= 11 is 12.0. The van der Waals surface area contributed by atoms with Crippen molar-refractivity contribution in [2.75, 3.05) is 25.0 Å². The first-order chi connectivity index (χ1) is 7.50. The van der Waals surface area contributed by atoms with E-state index >= 15 is 0 Å². The fraction of sp³-hybridized carbons (Fsp3) is 0.500. The first-order valence-corrected chi connectivity index (χ1v) is 6.16. The van der Waals surface area contributed by atoms with Crippen LogP contribution in [0.1, 0.15) is 13.8 Å². The van der Waals surface area contributed by atoms with E-state index in [0.717, 1.165) is 18.8 Å². The fourth-order valence-electron chi connectivity index (χ4n) is 1.43. The van der Waals surface area contributed by atoms with Gasteiger partial charge in [-0.1, -0.05) is 37.0 Å². The number of anilines is 1. The average Bonchev–Trinajstić information content (AvgIpc) is 2.16. The van der Waals surface area contributed by atoms with E-state index in [1.54, 1.807) is 6.07 Å². The molecule has 0 unspecified atom stereocenters. The summed E-state index contributed by atoms with van der Waals surface area (Å²) in [6.07, 6.45) is 0. The van der Waals surface area contributed by atoms with Crippen molar-refractivity contribution in [3.8, 4) is 0 Å². The highest BCUT2D eigenvalue weighted by atomic mass is 35.5. The molecule has 0 fully saturated rings. The maximum absolute atomic E-state index is 6.12. The van der Waals surface area contributed by atoms with Gasteiger partial charge in [0, 0.05) is 31.2 Å². The Hall–Kier alpha value is -0.440. The lowest BCUT2D eigenvalue weighted by Crippen LogP contribution is -2.32. The maximum Gasteiger partial charge on any atom is 0.0654 e. The molecule has 2 nitrogen and oxygen atoms in total. The predicted molar refractivity (Wildman–Crippen MR) is 72.9 cm³/mol. The Kier molecular flexibility index (Phi) is 5.39. The van der Waals surface area contributed by atoms with Crippen molar-refractivity contribution in [1.82, 2.24) is 5.32 Å². The number of hydrogen-bond acceptors (Lipinski definition) is 2. The van der Waals surface area contributed by atoms with Crippen LogP contribution in [0.3, 0.4) is 0 Å². The lowest BCUT2D eigenvalue weighted by molar-refractivity contribution is 0.589. The summed E-state index contributed by atoms with van der Waals surface area (Å²) in [6.45, 7) is 6.12. The Morgan fingerprint density at radius 3 is 2.56 bits per heavy atom. The number of nitrogens with zero attached hydrogens (tertiary/aromatic N) is 1. The standard InChI is InChI=1S/C12H18Cl2N2/c1-9(2)15-6-7-16(3)12-5-4-10(13)8-11(12)14/h4-5,8-9,15H,6-7H2,1-3H3. The fourth-order valence-corrected chi connectivity index (χ4v) is 1.98. The topological polar surface area (TPSA) is 15.3 Å². The highest BCUT2D eigenvalue weighted by Gasteiger charge is 2.06. The summed E-state index contributed by atoms with van der Waals surface area (Å²) in [5.41, 5.74) is 1.01. The molecule has 0 aliphatic rings. The van der Waals surface area contributed by atoms with Gasteiger partial charge in [-0.2, -0.15) is 0 Å². The zero-order valence-corrected chi connectivity index (χ0v) is 11.4. The lowest BCUT2D eigenvalue weighted by Gasteiger charge is -2.21. The van der Waals surface area contributed by atoms with Crippen LogP contribution in [0.4, 0.5) is 5.69 Å². The molecule has 16 heavy (non-hydrogen) atoms.